The van der Waals surface area contributed by atoms with Crippen molar-refractivity contribution in [1.82, 2.24) is 26.8 Å². The van der Waals surface area contributed by atoms with Crippen LogP contribution in [0.15, 0.2) is 48.5 Å². The van der Waals surface area contributed by atoms with Gasteiger partial charge in [0.25, 0.3) is 5.91 Å². The Kier molecular flexibility index (Phi) is 8.35. The lowest BCUT2D eigenvalue weighted by Crippen LogP contribution is -2.46. The Morgan fingerprint density at radius 3 is 2.03 bits per heavy atom. The second-order valence-corrected chi connectivity index (χ2v) is 6.98. The molecule has 9 heteroatoms. The van der Waals surface area contributed by atoms with Gasteiger partial charge in [0.2, 0.25) is 0 Å². The van der Waals surface area contributed by atoms with Gasteiger partial charge < -0.3 is 16.0 Å². The number of hydrogen-bond donors (Lipinski definition) is 5. The molecule has 0 aliphatic rings. The molecular formula is C20H24FN5O2S. The van der Waals surface area contributed by atoms with Crippen molar-refractivity contribution >= 4 is 29.3 Å². The first-order chi connectivity index (χ1) is 13.8. The van der Waals surface area contributed by atoms with Gasteiger partial charge in [-0.15, -0.1) is 0 Å². The lowest BCUT2D eigenvalue weighted by molar-refractivity contribution is 0.0943. The fraction of sp³-hybridized carbons (Fsp3) is 0.250. The average molecular weight is 418 g/mol. The molecule has 0 radical (unpaired) electrons. The molecule has 7 nitrogen and oxygen atoms in total. The number of urea groups is 1. The van der Waals surface area contributed by atoms with Gasteiger partial charge in [-0.3, -0.25) is 15.6 Å². The topological polar surface area (TPSA) is 94.3 Å². The summed E-state index contributed by atoms with van der Waals surface area (Å²) in [6, 6.07) is 12.7. The summed E-state index contributed by atoms with van der Waals surface area (Å²) < 4.78 is 12.9. The monoisotopic (exact) mass is 417 g/mol. The van der Waals surface area contributed by atoms with E-state index in [9.17, 15) is 14.0 Å². The molecule has 0 aliphatic carbocycles. The minimum atomic E-state index is -0.354. The molecule has 2 aromatic carbocycles. The summed E-state index contributed by atoms with van der Waals surface area (Å²) >= 11 is 5.10. The molecule has 29 heavy (non-hydrogen) atoms. The Morgan fingerprint density at radius 2 is 1.45 bits per heavy atom. The Hall–Kier alpha value is -3.20. The number of amides is 3. The molecule has 0 aromatic heterocycles. The fourth-order valence-electron chi connectivity index (χ4n) is 2.28. The van der Waals surface area contributed by atoms with Crippen molar-refractivity contribution in [1.29, 1.82) is 0 Å². The fourth-order valence-corrected chi connectivity index (χ4v) is 2.41. The first kappa shape index (κ1) is 22.1. The molecule has 0 atom stereocenters. The number of hydrogen-bond acceptors (Lipinski definition) is 3. The molecule has 0 bridgehead atoms. The SMILES string of the molecule is CC(C)NC(=O)NCc1ccc(C(=O)NNC(=S)NCc2ccc(F)cc2)cc1. The third kappa shape index (κ3) is 8.14. The van der Waals surface area contributed by atoms with Crippen LogP contribution >= 0.6 is 12.2 Å². The Bertz CT molecular complexity index is 841. The van der Waals surface area contributed by atoms with E-state index in [1.807, 2.05) is 13.8 Å². The van der Waals surface area contributed by atoms with Gasteiger partial charge in [-0.05, 0) is 61.5 Å². The molecule has 2 aromatic rings. The molecule has 3 amide bonds. The van der Waals surface area contributed by atoms with E-state index in [0.29, 0.717) is 18.7 Å². The minimum Gasteiger partial charge on any atom is -0.357 e. The van der Waals surface area contributed by atoms with Crippen LogP contribution in [0.4, 0.5) is 9.18 Å². The first-order valence-electron chi connectivity index (χ1n) is 9.05. The van der Waals surface area contributed by atoms with Gasteiger partial charge in [-0.2, -0.15) is 0 Å². The van der Waals surface area contributed by atoms with Crippen LogP contribution in [0.5, 0.6) is 0 Å². The highest BCUT2D eigenvalue weighted by Crippen LogP contribution is 2.04. The Balaban J connectivity index is 1.73. The smallest absolute Gasteiger partial charge is 0.315 e. The van der Waals surface area contributed by atoms with Crippen molar-refractivity contribution in [3.05, 3.63) is 71.0 Å². The first-order valence-corrected chi connectivity index (χ1v) is 9.46. The molecule has 0 saturated carbocycles. The van der Waals surface area contributed by atoms with Crippen LogP contribution < -0.4 is 26.8 Å². The highest BCUT2D eigenvalue weighted by molar-refractivity contribution is 7.80. The maximum atomic E-state index is 12.9. The van der Waals surface area contributed by atoms with Crippen LogP contribution in [0.1, 0.15) is 35.3 Å². The standard InChI is InChI=1S/C20H24FN5O2S/c1-13(2)24-19(28)22-11-14-3-7-16(8-4-14)18(27)25-26-20(29)23-12-15-5-9-17(21)10-6-15/h3-10,13H,11-12H2,1-2H3,(H,25,27)(H2,22,24,28)(H2,23,26,29). The van der Waals surface area contributed by atoms with Crippen LogP contribution in [0, 0.1) is 5.82 Å². The van der Waals surface area contributed by atoms with Crippen molar-refractivity contribution in [2.75, 3.05) is 0 Å². The maximum Gasteiger partial charge on any atom is 0.315 e. The van der Waals surface area contributed by atoms with E-state index in [1.165, 1.54) is 12.1 Å². The summed E-state index contributed by atoms with van der Waals surface area (Å²) in [5.41, 5.74) is 7.28. The van der Waals surface area contributed by atoms with Crippen LogP contribution in [0.25, 0.3) is 0 Å². The maximum absolute atomic E-state index is 12.9. The second kappa shape index (κ2) is 11.0. The van der Waals surface area contributed by atoms with Crippen molar-refractivity contribution in [2.45, 2.75) is 33.0 Å². The third-order valence-electron chi connectivity index (χ3n) is 3.74. The zero-order chi connectivity index (χ0) is 21.2. The molecule has 2 rings (SSSR count). The van der Waals surface area contributed by atoms with Crippen molar-refractivity contribution in [3.63, 3.8) is 0 Å². The number of nitrogens with one attached hydrogen (secondary N) is 5. The lowest BCUT2D eigenvalue weighted by Gasteiger charge is -2.12. The highest BCUT2D eigenvalue weighted by atomic mass is 32.1. The number of halogens is 1. The highest BCUT2D eigenvalue weighted by Gasteiger charge is 2.07. The van der Waals surface area contributed by atoms with E-state index in [1.54, 1.807) is 36.4 Å². The van der Waals surface area contributed by atoms with Crippen LogP contribution in [0.2, 0.25) is 0 Å². The van der Waals surface area contributed by atoms with Crippen LogP contribution in [-0.4, -0.2) is 23.1 Å². The van der Waals surface area contributed by atoms with Crippen LogP contribution in [0.3, 0.4) is 0 Å². The van der Waals surface area contributed by atoms with Gasteiger partial charge in [0.15, 0.2) is 5.11 Å². The van der Waals surface area contributed by atoms with E-state index in [0.717, 1.165) is 11.1 Å². The lowest BCUT2D eigenvalue weighted by atomic mass is 10.1. The normalized spacial score (nSPS) is 10.2. The van der Waals surface area contributed by atoms with Crippen molar-refractivity contribution in [3.8, 4) is 0 Å². The molecular weight excluding hydrogens is 393 g/mol. The van der Waals surface area contributed by atoms with E-state index in [-0.39, 0.29) is 28.9 Å². The molecule has 0 fully saturated rings. The molecule has 0 unspecified atom stereocenters. The molecule has 5 N–H and O–H groups in total. The average Bonchev–Trinajstić information content (AvgIpc) is 2.70. The van der Waals surface area contributed by atoms with Gasteiger partial charge in [0.05, 0.1) is 0 Å². The molecule has 0 saturated heterocycles. The molecule has 0 spiro atoms. The number of hydrazine groups is 1. The summed E-state index contributed by atoms with van der Waals surface area (Å²) in [4.78, 5) is 23.8. The zero-order valence-corrected chi connectivity index (χ0v) is 17.0. The van der Waals surface area contributed by atoms with Crippen LogP contribution in [-0.2, 0) is 13.1 Å². The number of carbonyl (C=O) groups excluding carboxylic acids is 2. The summed E-state index contributed by atoms with van der Waals surface area (Å²) in [5, 5.41) is 8.62. The van der Waals surface area contributed by atoms with Gasteiger partial charge in [0.1, 0.15) is 5.82 Å². The third-order valence-corrected chi connectivity index (χ3v) is 3.99. The largest absolute Gasteiger partial charge is 0.357 e. The van der Waals surface area contributed by atoms with Gasteiger partial charge >= 0.3 is 6.03 Å². The minimum absolute atomic E-state index is 0.0600. The zero-order valence-electron chi connectivity index (χ0n) is 16.2. The number of benzene rings is 2. The molecule has 154 valence electrons. The van der Waals surface area contributed by atoms with E-state index >= 15 is 0 Å². The summed E-state index contributed by atoms with van der Waals surface area (Å²) in [6.07, 6.45) is 0. The Morgan fingerprint density at radius 1 is 0.897 bits per heavy atom. The Labute approximate surface area is 174 Å². The summed E-state index contributed by atoms with van der Waals surface area (Å²) in [5.74, 6) is -0.657. The second-order valence-electron chi connectivity index (χ2n) is 6.57. The molecule has 0 heterocycles. The van der Waals surface area contributed by atoms with Gasteiger partial charge in [0, 0.05) is 24.7 Å². The van der Waals surface area contributed by atoms with Crippen molar-refractivity contribution < 1.29 is 14.0 Å². The van der Waals surface area contributed by atoms with Crippen molar-refractivity contribution in [2.24, 2.45) is 0 Å². The van der Waals surface area contributed by atoms with Gasteiger partial charge in [-0.25, -0.2) is 9.18 Å². The van der Waals surface area contributed by atoms with E-state index < -0.39 is 0 Å². The summed E-state index contributed by atoms with van der Waals surface area (Å²) in [7, 11) is 0. The van der Waals surface area contributed by atoms with E-state index in [4.69, 9.17) is 12.2 Å². The number of carbonyl (C=O) groups is 2. The van der Waals surface area contributed by atoms with Gasteiger partial charge in [-0.1, -0.05) is 24.3 Å². The summed E-state index contributed by atoms with van der Waals surface area (Å²) in [6.45, 7) is 4.51. The predicted octanol–water partition coefficient (Wildman–Crippen LogP) is 2.34. The quantitative estimate of drug-likeness (QED) is 0.367. The van der Waals surface area contributed by atoms with E-state index in [2.05, 4.69) is 26.8 Å². The molecule has 0 aliphatic heterocycles. The predicted molar refractivity (Wildman–Crippen MR) is 113 cm³/mol. The number of thiocarbonyl (C=S) groups is 1. The number of rotatable bonds is 6.